The molecule has 7 nitrogen and oxygen atoms in total. The van der Waals surface area contributed by atoms with Crippen LogP contribution in [-0.2, 0) is 17.8 Å². The smallest absolute Gasteiger partial charge is 0.274 e. The van der Waals surface area contributed by atoms with Gasteiger partial charge in [-0.05, 0) is 75.1 Å². The number of pyridine rings is 1. The van der Waals surface area contributed by atoms with Crippen molar-refractivity contribution in [3.8, 4) is 5.75 Å². The largest absolute Gasteiger partial charge is 0.497 e. The number of anilines is 1. The van der Waals surface area contributed by atoms with Crippen LogP contribution in [0, 0.1) is 5.92 Å². The molecule has 1 aromatic heterocycles. The van der Waals surface area contributed by atoms with Crippen molar-refractivity contribution < 1.29 is 9.53 Å². The molecule has 2 bridgehead atoms. The average molecular weight is 451 g/mol. The van der Waals surface area contributed by atoms with Gasteiger partial charge in [-0.3, -0.25) is 14.5 Å². The third kappa shape index (κ3) is 4.70. The summed E-state index contributed by atoms with van der Waals surface area (Å²) >= 11 is 0. The molecule has 2 atom stereocenters. The molecular formula is C26H34N4O3. The van der Waals surface area contributed by atoms with E-state index in [4.69, 9.17) is 4.74 Å². The average Bonchev–Trinajstić information content (AvgIpc) is 2.82. The molecule has 5 rings (SSSR count). The van der Waals surface area contributed by atoms with Gasteiger partial charge in [-0.1, -0.05) is 12.1 Å². The number of fused-ring (bicyclic) bond motifs is 4. The van der Waals surface area contributed by atoms with Gasteiger partial charge in [-0.2, -0.15) is 0 Å². The highest BCUT2D eigenvalue weighted by Gasteiger charge is 2.37. The highest BCUT2D eigenvalue weighted by Crippen LogP contribution is 2.37. The SMILES string of the molecule is COc1ccc(CC(=O)Nc2ccc3n(c2=O)C[C@H]2C[C@@H]3CN(C3CCN(C)CC3)C2)cc1. The molecule has 7 heteroatoms. The maximum Gasteiger partial charge on any atom is 0.274 e. The fourth-order valence-corrected chi connectivity index (χ4v) is 5.86. The molecule has 176 valence electrons. The van der Waals surface area contributed by atoms with Gasteiger partial charge in [0.25, 0.3) is 5.56 Å². The Balaban J connectivity index is 1.27. The first-order valence-electron chi connectivity index (χ1n) is 12.1. The summed E-state index contributed by atoms with van der Waals surface area (Å²) in [7, 11) is 3.82. The number of nitrogens with one attached hydrogen (secondary N) is 1. The second kappa shape index (κ2) is 9.31. The van der Waals surface area contributed by atoms with Crippen molar-refractivity contribution in [1.82, 2.24) is 14.4 Å². The molecule has 4 heterocycles. The van der Waals surface area contributed by atoms with Crippen molar-refractivity contribution in [2.24, 2.45) is 5.92 Å². The van der Waals surface area contributed by atoms with Gasteiger partial charge < -0.3 is 19.5 Å². The maximum absolute atomic E-state index is 13.2. The fourth-order valence-electron chi connectivity index (χ4n) is 5.86. The summed E-state index contributed by atoms with van der Waals surface area (Å²) in [5, 5.41) is 2.85. The van der Waals surface area contributed by atoms with Gasteiger partial charge in [-0.15, -0.1) is 0 Å². The van der Waals surface area contributed by atoms with Crippen molar-refractivity contribution in [2.45, 2.75) is 44.2 Å². The van der Waals surface area contributed by atoms with E-state index in [1.54, 1.807) is 13.2 Å². The zero-order valence-corrected chi connectivity index (χ0v) is 19.6. The minimum Gasteiger partial charge on any atom is -0.497 e. The van der Waals surface area contributed by atoms with E-state index in [1.165, 1.54) is 25.9 Å². The topological polar surface area (TPSA) is 66.8 Å². The molecule has 2 saturated heterocycles. The molecule has 3 aliphatic rings. The summed E-state index contributed by atoms with van der Waals surface area (Å²) in [4.78, 5) is 30.9. The van der Waals surface area contributed by atoms with Gasteiger partial charge in [0.2, 0.25) is 5.91 Å². The molecule has 1 aromatic carbocycles. The number of amides is 1. The van der Waals surface area contributed by atoms with Crippen LogP contribution in [0.3, 0.4) is 0 Å². The zero-order valence-electron chi connectivity index (χ0n) is 19.6. The summed E-state index contributed by atoms with van der Waals surface area (Å²) in [5.41, 5.74) is 2.32. The Morgan fingerprint density at radius 3 is 2.55 bits per heavy atom. The third-order valence-electron chi connectivity index (χ3n) is 7.63. The van der Waals surface area contributed by atoms with E-state index in [0.717, 1.165) is 43.1 Å². The molecule has 2 aromatic rings. The number of likely N-dealkylation sites (tertiary alicyclic amines) is 2. The number of ether oxygens (including phenoxy) is 1. The Morgan fingerprint density at radius 1 is 1.06 bits per heavy atom. The molecule has 0 unspecified atom stereocenters. The molecule has 2 fully saturated rings. The lowest BCUT2D eigenvalue weighted by atomic mass is 9.82. The lowest BCUT2D eigenvalue weighted by Gasteiger charge is -2.47. The standard InChI is InChI=1S/C26H34N4O3/c1-28-11-9-21(10-12-28)29-15-19-13-20(17-29)24-8-7-23(26(32)30(24)16-19)27-25(31)14-18-3-5-22(33-2)6-4-18/h3-8,19-21H,9-17H2,1-2H3,(H,27,31)/t19-,20+/m0/s1. The van der Waals surface area contributed by atoms with Crippen LogP contribution in [0.2, 0.25) is 0 Å². The quantitative estimate of drug-likeness (QED) is 0.759. The Morgan fingerprint density at radius 2 is 1.82 bits per heavy atom. The second-order valence-corrected chi connectivity index (χ2v) is 9.95. The second-order valence-electron chi connectivity index (χ2n) is 9.95. The highest BCUT2D eigenvalue weighted by atomic mass is 16.5. The Hall–Kier alpha value is -2.64. The first-order chi connectivity index (χ1) is 16.0. The van der Waals surface area contributed by atoms with Crippen molar-refractivity contribution in [3.63, 3.8) is 0 Å². The first-order valence-corrected chi connectivity index (χ1v) is 12.1. The number of benzene rings is 1. The molecule has 1 amide bonds. The van der Waals surface area contributed by atoms with Crippen LogP contribution >= 0.6 is 0 Å². The van der Waals surface area contributed by atoms with Gasteiger partial charge in [0.05, 0.1) is 13.5 Å². The molecule has 33 heavy (non-hydrogen) atoms. The van der Waals surface area contributed by atoms with Gasteiger partial charge in [0, 0.05) is 37.3 Å². The van der Waals surface area contributed by atoms with Gasteiger partial charge in [-0.25, -0.2) is 0 Å². The number of hydrogen-bond donors (Lipinski definition) is 1. The number of methoxy groups -OCH3 is 1. The van der Waals surface area contributed by atoms with E-state index < -0.39 is 0 Å². The minimum atomic E-state index is -0.178. The lowest BCUT2D eigenvalue weighted by Crippen LogP contribution is -2.53. The fraction of sp³-hybridized carbons (Fsp3) is 0.538. The predicted octanol–water partition coefficient (Wildman–Crippen LogP) is 2.55. The molecule has 0 radical (unpaired) electrons. The maximum atomic E-state index is 13.2. The summed E-state index contributed by atoms with van der Waals surface area (Å²) in [6, 6.07) is 11.9. The van der Waals surface area contributed by atoms with E-state index >= 15 is 0 Å². The van der Waals surface area contributed by atoms with E-state index in [1.807, 2.05) is 28.8 Å². The van der Waals surface area contributed by atoms with Gasteiger partial charge >= 0.3 is 0 Å². The monoisotopic (exact) mass is 450 g/mol. The summed E-state index contributed by atoms with van der Waals surface area (Å²) in [6.45, 7) is 5.20. The molecular weight excluding hydrogens is 416 g/mol. The Bertz CT molecular complexity index is 1060. The number of aromatic nitrogens is 1. The van der Waals surface area contributed by atoms with Crippen LogP contribution in [0.25, 0.3) is 0 Å². The number of carbonyl (C=O) groups excluding carboxylic acids is 1. The van der Waals surface area contributed by atoms with Crippen LogP contribution in [0.5, 0.6) is 5.75 Å². The van der Waals surface area contributed by atoms with Crippen LogP contribution in [0.15, 0.2) is 41.2 Å². The predicted molar refractivity (Wildman–Crippen MR) is 129 cm³/mol. The van der Waals surface area contributed by atoms with Crippen LogP contribution < -0.4 is 15.6 Å². The van der Waals surface area contributed by atoms with Crippen molar-refractivity contribution in [3.05, 3.63) is 58.0 Å². The molecule has 0 spiro atoms. The summed E-state index contributed by atoms with van der Waals surface area (Å²) in [5.74, 6) is 1.47. The molecule has 1 N–H and O–H groups in total. The molecule has 3 aliphatic heterocycles. The number of rotatable bonds is 5. The van der Waals surface area contributed by atoms with Gasteiger partial charge in [0.1, 0.15) is 11.4 Å². The van der Waals surface area contributed by atoms with E-state index in [2.05, 4.69) is 28.2 Å². The number of nitrogens with zero attached hydrogens (tertiary/aromatic N) is 3. The van der Waals surface area contributed by atoms with Crippen molar-refractivity contribution in [2.75, 3.05) is 45.7 Å². The molecule has 0 saturated carbocycles. The zero-order chi connectivity index (χ0) is 22.9. The van der Waals surface area contributed by atoms with Crippen molar-refractivity contribution in [1.29, 1.82) is 0 Å². The van der Waals surface area contributed by atoms with E-state index in [9.17, 15) is 9.59 Å². The molecule has 0 aliphatic carbocycles. The van der Waals surface area contributed by atoms with Crippen LogP contribution in [0.4, 0.5) is 5.69 Å². The van der Waals surface area contributed by atoms with Crippen LogP contribution in [-0.4, -0.2) is 66.7 Å². The van der Waals surface area contributed by atoms with E-state index in [0.29, 0.717) is 23.6 Å². The highest BCUT2D eigenvalue weighted by molar-refractivity contribution is 5.92. The van der Waals surface area contributed by atoms with Gasteiger partial charge in [0.15, 0.2) is 0 Å². The summed E-state index contributed by atoms with van der Waals surface area (Å²) < 4.78 is 7.09. The minimum absolute atomic E-state index is 0.0713. The third-order valence-corrected chi connectivity index (χ3v) is 7.63. The lowest BCUT2D eigenvalue weighted by molar-refractivity contribution is -0.115. The van der Waals surface area contributed by atoms with Crippen LogP contribution in [0.1, 0.15) is 36.4 Å². The normalized spacial score (nSPS) is 23.7. The van der Waals surface area contributed by atoms with E-state index in [-0.39, 0.29) is 17.9 Å². The van der Waals surface area contributed by atoms with Crippen molar-refractivity contribution >= 4 is 11.6 Å². The number of carbonyl (C=O) groups is 1. The number of hydrogen-bond acceptors (Lipinski definition) is 5. The summed E-state index contributed by atoms with van der Waals surface area (Å²) in [6.07, 6.45) is 3.86. The first kappa shape index (κ1) is 22.2. The Labute approximate surface area is 195 Å². The Kier molecular flexibility index (Phi) is 6.25. The number of piperidine rings is 2.